The number of thioether (sulfide) groups is 1. The molecule has 0 aromatic heterocycles. The molecule has 0 aliphatic heterocycles. The Morgan fingerprint density at radius 2 is 1.76 bits per heavy atom. The Morgan fingerprint density at radius 1 is 1.07 bits per heavy atom. The third-order valence-electron chi connectivity index (χ3n) is 4.33. The first-order valence-electron chi connectivity index (χ1n) is 9.21. The van der Waals surface area contributed by atoms with E-state index in [0.29, 0.717) is 33.9 Å². The summed E-state index contributed by atoms with van der Waals surface area (Å²) >= 11 is 14.5. The highest BCUT2D eigenvalue weighted by molar-refractivity contribution is 7.99. The molecule has 2 aromatic carbocycles. The first kappa shape index (κ1) is 23.9. The molecule has 0 radical (unpaired) electrons. The Bertz CT molecular complexity index is 817. The molecule has 0 saturated heterocycles. The van der Waals surface area contributed by atoms with Gasteiger partial charge >= 0.3 is 5.97 Å². The molecule has 2 aromatic rings. The maximum absolute atomic E-state index is 11.2. The van der Waals surface area contributed by atoms with E-state index in [1.54, 1.807) is 7.11 Å². The molecule has 2 rings (SSSR count). The summed E-state index contributed by atoms with van der Waals surface area (Å²) in [5.74, 6) is 1.81. The molecule has 0 aliphatic carbocycles. The van der Waals surface area contributed by atoms with E-state index in [9.17, 15) is 4.79 Å². The van der Waals surface area contributed by atoms with Gasteiger partial charge in [0, 0.05) is 29.3 Å². The van der Waals surface area contributed by atoms with Gasteiger partial charge in [-0.3, -0.25) is 4.79 Å². The summed E-state index contributed by atoms with van der Waals surface area (Å²) in [5.41, 5.74) is 4.08. The van der Waals surface area contributed by atoms with Crippen molar-refractivity contribution in [1.29, 1.82) is 0 Å². The van der Waals surface area contributed by atoms with Crippen molar-refractivity contribution in [3.8, 4) is 5.75 Å². The quantitative estimate of drug-likeness (QED) is 0.319. The van der Waals surface area contributed by atoms with Crippen LogP contribution in [0.1, 0.15) is 42.0 Å². The maximum Gasteiger partial charge on any atom is 0.315 e. The number of hydrogen-bond acceptors (Lipinski definition) is 5. The van der Waals surface area contributed by atoms with Crippen molar-refractivity contribution in [2.24, 2.45) is 0 Å². The van der Waals surface area contributed by atoms with Gasteiger partial charge in [0.15, 0.2) is 6.79 Å². The average Bonchev–Trinajstić information content (AvgIpc) is 2.69. The van der Waals surface area contributed by atoms with Crippen molar-refractivity contribution >= 4 is 40.9 Å². The predicted molar refractivity (Wildman–Crippen MR) is 120 cm³/mol. The van der Waals surface area contributed by atoms with Gasteiger partial charge in [-0.05, 0) is 46.4 Å². The van der Waals surface area contributed by atoms with Gasteiger partial charge in [-0.25, -0.2) is 0 Å². The number of benzene rings is 2. The van der Waals surface area contributed by atoms with Crippen molar-refractivity contribution in [3.05, 3.63) is 62.6 Å². The minimum absolute atomic E-state index is 0.214. The van der Waals surface area contributed by atoms with E-state index >= 15 is 0 Å². The van der Waals surface area contributed by atoms with E-state index in [4.69, 9.17) is 32.7 Å². The van der Waals surface area contributed by atoms with Gasteiger partial charge in [-0.2, -0.15) is 0 Å². The summed E-state index contributed by atoms with van der Waals surface area (Å²) in [6.07, 6.45) is 0.623. The minimum Gasteiger partial charge on any atom is -0.468 e. The smallest absolute Gasteiger partial charge is 0.315 e. The first-order chi connectivity index (χ1) is 13.8. The molecule has 0 atom stereocenters. The van der Waals surface area contributed by atoms with E-state index in [2.05, 4.69) is 24.7 Å². The fourth-order valence-corrected chi connectivity index (χ4v) is 4.29. The Morgan fingerprint density at radius 3 is 2.34 bits per heavy atom. The van der Waals surface area contributed by atoms with Gasteiger partial charge in [0.1, 0.15) is 5.75 Å². The fourth-order valence-electron chi connectivity index (χ4n) is 2.84. The Kier molecular flexibility index (Phi) is 9.63. The average molecular weight is 457 g/mol. The topological polar surface area (TPSA) is 44.8 Å². The van der Waals surface area contributed by atoms with Crippen LogP contribution in [0, 0.1) is 0 Å². The number of carbonyl (C=O) groups excluding carboxylic acids is 1. The van der Waals surface area contributed by atoms with E-state index in [1.807, 2.05) is 24.3 Å². The van der Waals surface area contributed by atoms with Crippen LogP contribution in [0.2, 0.25) is 10.0 Å². The van der Waals surface area contributed by atoms with Gasteiger partial charge in [-0.15, -0.1) is 11.8 Å². The predicted octanol–water partition coefficient (Wildman–Crippen LogP) is 6.10. The van der Waals surface area contributed by atoms with Gasteiger partial charge < -0.3 is 14.2 Å². The molecule has 0 bridgehead atoms. The summed E-state index contributed by atoms with van der Waals surface area (Å²) in [6.45, 7) is 4.46. The minimum atomic E-state index is -0.248. The van der Waals surface area contributed by atoms with Crippen LogP contribution in [0.5, 0.6) is 5.75 Å². The highest BCUT2D eigenvalue weighted by Gasteiger charge is 2.13. The lowest BCUT2D eigenvalue weighted by Crippen LogP contribution is -2.04. The highest BCUT2D eigenvalue weighted by Crippen LogP contribution is 2.33. The van der Waals surface area contributed by atoms with Crippen LogP contribution in [0.3, 0.4) is 0 Å². The molecule has 0 heterocycles. The van der Waals surface area contributed by atoms with Crippen LogP contribution in [-0.4, -0.2) is 32.7 Å². The molecule has 0 N–H and O–H groups in total. The van der Waals surface area contributed by atoms with Crippen molar-refractivity contribution in [2.45, 2.75) is 31.9 Å². The largest absolute Gasteiger partial charge is 0.468 e. The molecule has 7 heteroatoms. The van der Waals surface area contributed by atoms with E-state index < -0.39 is 0 Å². The zero-order chi connectivity index (χ0) is 21.4. The fraction of sp³-hybridized carbons (Fsp3) is 0.409. The second-order valence-corrected chi connectivity index (χ2v) is 8.66. The molecule has 0 fully saturated rings. The van der Waals surface area contributed by atoms with E-state index in [0.717, 1.165) is 28.0 Å². The molecular formula is C22H26Cl2O4S. The molecule has 0 unspecified atom stereocenters. The number of halogens is 2. The lowest BCUT2D eigenvalue weighted by Gasteiger charge is -2.16. The summed E-state index contributed by atoms with van der Waals surface area (Å²) < 4.78 is 15.3. The van der Waals surface area contributed by atoms with Crippen molar-refractivity contribution < 1.29 is 19.0 Å². The van der Waals surface area contributed by atoms with Crippen LogP contribution in [0.25, 0.3) is 0 Å². The normalized spacial score (nSPS) is 11.0. The Balaban J connectivity index is 2.17. The molecule has 158 valence electrons. The third-order valence-corrected chi connectivity index (χ3v) is 5.98. The van der Waals surface area contributed by atoms with Crippen molar-refractivity contribution in [3.63, 3.8) is 0 Å². The zero-order valence-corrected chi connectivity index (χ0v) is 19.4. The lowest BCUT2D eigenvalue weighted by atomic mass is 9.96. The van der Waals surface area contributed by atoms with Crippen LogP contribution in [-0.2, 0) is 26.4 Å². The third kappa shape index (κ3) is 7.10. The van der Waals surface area contributed by atoms with Gasteiger partial charge in [0.25, 0.3) is 0 Å². The van der Waals surface area contributed by atoms with Crippen LogP contribution < -0.4 is 4.74 Å². The summed E-state index contributed by atoms with van der Waals surface area (Å²) in [7, 11) is 2.98. The molecule has 0 spiro atoms. The van der Waals surface area contributed by atoms with E-state index in [-0.39, 0.29) is 12.8 Å². The van der Waals surface area contributed by atoms with Gasteiger partial charge in [0.05, 0.1) is 12.9 Å². The summed E-state index contributed by atoms with van der Waals surface area (Å²) in [5, 5.41) is 1.24. The standard InChI is InChI=1S/C22H26Cl2O4S/c1-14(2)17-7-15(5-6-21(17)28-13-26-3)8-18-19(23)9-16(10-20(18)24)11-29-12-22(25)27-4/h5-7,9-10,14H,8,11-13H2,1-4H3. The number of hydrogen-bond donors (Lipinski definition) is 0. The SMILES string of the molecule is COCOc1ccc(Cc2c(Cl)cc(CSCC(=O)OC)cc2Cl)cc1C(C)C. The molecule has 29 heavy (non-hydrogen) atoms. The molecule has 4 nitrogen and oxygen atoms in total. The second-order valence-electron chi connectivity index (χ2n) is 6.86. The van der Waals surface area contributed by atoms with Crippen LogP contribution >= 0.6 is 35.0 Å². The summed E-state index contributed by atoms with van der Waals surface area (Å²) in [6, 6.07) is 9.92. The van der Waals surface area contributed by atoms with Crippen molar-refractivity contribution in [1.82, 2.24) is 0 Å². The lowest BCUT2D eigenvalue weighted by molar-refractivity contribution is -0.137. The number of ether oxygens (including phenoxy) is 3. The second kappa shape index (κ2) is 11.7. The zero-order valence-electron chi connectivity index (χ0n) is 17.1. The number of esters is 1. The molecule has 0 saturated carbocycles. The van der Waals surface area contributed by atoms with Crippen LogP contribution in [0.15, 0.2) is 30.3 Å². The molecule has 0 aliphatic rings. The highest BCUT2D eigenvalue weighted by atomic mass is 35.5. The first-order valence-corrected chi connectivity index (χ1v) is 11.1. The summed E-state index contributed by atoms with van der Waals surface area (Å²) in [4.78, 5) is 11.2. The molecule has 0 amide bonds. The maximum atomic E-state index is 11.2. The van der Waals surface area contributed by atoms with E-state index in [1.165, 1.54) is 18.9 Å². The number of rotatable bonds is 10. The Labute approximate surface area is 186 Å². The van der Waals surface area contributed by atoms with Crippen LogP contribution in [0.4, 0.5) is 0 Å². The Hall–Kier alpha value is -1.40. The number of carbonyl (C=O) groups is 1. The number of methoxy groups -OCH3 is 2. The van der Waals surface area contributed by atoms with Crippen molar-refractivity contribution in [2.75, 3.05) is 26.8 Å². The van der Waals surface area contributed by atoms with Gasteiger partial charge in [-0.1, -0.05) is 49.2 Å². The monoisotopic (exact) mass is 456 g/mol. The van der Waals surface area contributed by atoms with Gasteiger partial charge in [0.2, 0.25) is 0 Å². The molecular weight excluding hydrogens is 431 g/mol.